The van der Waals surface area contributed by atoms with Gasteiger partial charge in [0.25, 0.3) is 0 Å². The lowest BCUT2D eigenvalue weighted by molar-refractivity contribution is 0.321. The highest BCUT2D eigenvalue weighted by Gasteiger charge is 2.04. The monoisotopic (exact) mass is 269 g/mol. The highest BCUT2D eigenvalue weighted by Crippen LogP contribution is 2.19. The van der Waals surface area contributed by atoms with Crippen molar-refractivity contribution in [3.05, 3.63) is 65.7 Å². The van der Waals surface area contributed by atoms with E-state index < -0.39 is 0 Å². The number of rotatable bonds is 7. The van der Waals surface area contributed by atoms with Crippen LogP contribution in [0, 0.1) is 0 Å². The van der Waals surface area contributed by atoms with Crippen molar-refractivity contribution in [2.24, 2.45) is 0 Å². The van der Waals surface area contributed by atoms with Crippen LogP contribution in [0.25, 0.3) is 0 Å². The van der Waals surface area contributed by atoms with Crippen LogP contribution in [0.5, 0.6) is 5.75 Å². The SMILES string of the molecule is CCNC(C)c1cccc(OCCc2ccccc2)c1. The Labute approximate surface area is 121 Å². The van der Waals surface area contributed by atoms with Gasteiger partial charge in [0.1, 0.15) is 5.75 Å². The fraction of sp³-hybridized carbons (Fsp3) is 0.333. The maximum atomic E-state index is 5.85. The second-order valence-corrected chi connectivity index (χ2v) is 4.94. The molecule has 0 spiro atoms. The minimum absolute atomic E-state index is 0.359. The molecule has 0 aromatic heterocycles. The third-order valence-corrected chi connectivity index (χ3v) is 3.37. The zero-order valence-corrected chi connectivity index (χ0v) is 12.3. The van der Waals surface area contributed by atoms with Crippen LogP contribution < -0.4 is 10.1 Å². The second kappa shape index (κ2) is 7.71. The molecule has 0 heterocycles. The molecule has 2 rings (SSSR count). The van der Waals surface area contributed by atoms with Crippen molar-refractivity contribution in [3.8, 4) is 5.75 Å². The predicted octanol–water partition coefficient (Wildman–Crippen LogP) is 3.98. The van der Waals surface area contributed by atoms with E-state index in [1.54, 1.807) is 0 Å². The normalized spacial score (nSPS) is 12.1. The van der Waals surface area contributed by atoms with E-state index in [2.05, 4.69) is 61.6 Å². The van der Waals surface area contributed by atoms with E-state index >= 15 is 0 Å². The summed E-state index contributed by atoms with van der Waals surface area (Å²) in [6.07, 6.45) is 0.938. The lowest BCUT2D eigenvalue weighted by Gasteiger charge is -2.14. The van der Waals surface area contributed by atoms with E-state index in [-0.39, 0.29) is 0 Å². The first-order valence-corrected chi connectivity index (χ1v) is 7.29. The van der Waals surface area contributed by atoms with Crippen LogP contribution >= 0.6 is 0 Å². The van der Waals surface area contributed by atoms with E-state index in [1.165, 1.54) is 11.1 Å². The van der Waals surface area contributed by atoms with Crippen LogP contribution in [0.3, 0.4) is 0 Å². The van der Waals surface area contributed by atoms with Crippen LogP contribution in [0.2, 0.25) is 0 Å². The van der Waals surface area contributed by atoms with Gasteiger partial charge in [0.2, 0.25) is 0 Å². The van der Waals surface area contributed by atoms with Crippen LogP contribution in [0.1, 0.15) is 31.0 Å². The molecule has 2 heteroatoms. The van der Waals surface area contributed by atoms with E-state index in [1.807, 2.05) is 12.1 Å². The Morgan fingerprint density at radius 3 is 2.60 bits per heavy atom. The standard InChI is InChI=1S/C18H23NO/c1-3-19-15(2)17-10-7-11-18(14-17)20-13-12-16-8-5-4-6-9-16/h4-11,14-15,19H,3,12-13H2,1-2H3. The minimum Gasteiger partial charge on any atom is -0.493 e. The molecule has 0 bridgehead atoms. The molecule has 1 atom stereocenters. The first-order chi connectivity index (χ1) is 9.79. The highest BCUT2D eigenvalue weighted by atomic mass is 16.5. The van der Waals surface area contributed by atoms with Gasteiger partial charge in [-0.15, -0.1) is 0 Å². The van der Waals surface area contributed by atoms with Gasteiger partial charge in [0, 0.05) is 12.5 Å². The lowest BCUT2D eigenvalue weighted by atomic mass is 10.1. The quantitative estimate of drug-likeness (QED) is 0.821. The third kappa shape index (κ3) is 4.39. The molecule has 0 radical (unpaired) electrons. The van der Waals surface area contributed by atoms with Gasteiger partial charge in [-0.05, 0) is 36.7 Å². The molecule has 0 fully saturated rings. The molecule has 0 amide bonds. The molecule has 0 saturated carbocycles. The fourth-order valence-corrected chi connectivity index (χ4v) is 2.23. The summed E-state index contributed by atoms with van der Waals surface area (Å²) in [4.78, 5) is 0. The first-order valence-electron chi connectivity index (χ1n) is 7.29. The number of hydrogen-bond acceptors (Lipinski definition) is 2. The maximum Gasteiger partial charge on any atom is 0.119 e. The van der Waals surface area contributed by atoms with E-state index in [0.717, 1.165) is 18.7 Å². The summed E-state index contributed by atoms with van der Waals surface area (Å²) in [6, 6.07) is 19.1. The van der Waals surface area contributed by atoms with Gasteiger partial charge in [-0.2, -0.15) is 0 Å². The fourth-order valence-electron chi connectivity index (χ4n) is 2.23. The van der Waals surface area contributed by atoms with Gasteiger partial charge in [-0.3, -0.25) is 0 Å². The van der Waals surface area contributed by atoms with Gasteiger partial charge in [-0.25, -0.2) is 0 Å². The van der Waals surface area contributed by atoms with Crippen molar-refractivity contribution in [1.29, 1.82) is 0 Å². The van der Waals surface area contributed by atoms with Gasteiger partial charge in [0.05, 0.1) is 6.61 Å². The van der Waals surface area contributed by atoms with Crippen LogP contribution in [0.4, 0.5) is 0 Å². The van der Waals surface area contributed by atoms with Gasteiger partial charge in [0.15, 0.2) is 0 Å². The van der Waals surface area contributed by atoms with E-state index in [4.69, 9.17) is 4.74 Å². The molecular formula is C18H23NO. The van der Waals surface area contributed by atoms with Crippen LogP contribution in [0.15, 0.2) is 54.6 Å². The molecule has 1 unspecified atom stereocenters. The largest absolute Gasteiger partial charge is 0.493 e. The molecule has 0 aliphatic rings. The first kappa shape index (κ1) is 14.6. The van der Waals surface area contributed by atoms with Gasteiger partial charge >= 0.3 is 0 Å². The molecule has 106 valence electrons. The average Bonchev–Trinajstić information content (AvgIpc) is 2.49. The zero-order valence-electron chi connectivity index (χ0n) is 12.3. The number of ether oxygens (including phenoxy) is 1. The molecule has 0 aliphatic heterocycles. The van der Waals surface area contributed by atoms with Crippen molar-refractivity contribution >= 4 is 0 Å². The lowest BCUT2D eigenvalue weighted by Crippen LogP contribution is -2.17. The molecule has 2 nitrogen and oxygen atoms in total. The van der Waals surface area contributed by atoms with E-state index in [0.29, 0.717) is 12.6 Å². The Morgan fingerprint density at radius 1 is 1.05 bits per heavy atom. The number of benzene rings is 2. The summed E-state index contributed by atoms with van der Waals surface area (Å²) in [6.45, 7) is 5.98. The van der Waals surface area contributed by atoms with Crippen molar-refractivity contribution in [1.82, 2.24) is 5.32 Å². The Bertz CT molecular complexity index is 510. The van der Waals surface area contributed by atoms with Crippen molar-refractivity contribution in [3.63, 3.8) is 0 Å². The smallest absolute Gasteiger partial charge is 0.119 e. The van der Waals surface area contributed by atoms with Crippen LogP contribution in [-0.4, -0.2) is 13.2 Å². The summed E-state index contributed by atoms with van der Waals surface area (Å²) in [5.74, 6) is 0.947. The maximum absolute atomic E-state index is 5.85. The molecule has 2 aromatic carbocycles. The third-order valence-electron chi connectivity index (χ3n) is 3.37. The number of nitrogens with one attached hydrogen (secondary N) is 1. The molecule has 1 N–H and O–H groups in total. The van der Waals surface area contributed by atoms with E-state index in [9.17, 15) is 0 Å². The minimum atomic E-state index is 0.359. The summed E-state index contributed by atoms with van der Waals surface area (Å²) >= 11 is 0. The molecular weight excluding hydrogens is 246 g/mol. The topological polar surface area (TPSA) is 21.3 Å². The zero-order chi connectivity index (χ0) is 14.2. The predicted molar refractivity (Wildman–Crippen MR) is 84.2 cm³/mol. The summed E-state index contributed by atoms with van der Waals surface area (Å²) in [5, 5.41) is 3.42. The summed E-state index contributed by atoms with van der Waals surface area (Å²) < 4.78 is 5.85. The highest BCUT2D eigenvalue weighted by molar-refractivity contribution is 5.30. The molecule has 20 heavy (non-hydrogen) atoms. The molecule has 2 aromatic rings. The number of hydrogen-bond donors (Lipinski definition) is 1. The summed E-state index contributed by atoms with van der Waals surface area (Å²) in [7, 11) is 0. The molecule has 0 saturated heterocycles. The Morgan fingerprint density at radius 2 is 1.85 bits per heavy atom. The Balaban J connectivity index is 1.88. The van der Waals surface area contributed by atoms with Gasteiger partial charge < -0.3 is 10.1 Å². The van der Waals surface area contributed by atoms with Crippen molar-refractivity contribution in [2.75, 3.05) is 13.2 Å². The van der Waals surface area contributed by atoms with Crippen molar-refractivity contribution < 1.29 is 4.74 Å². The second-order valence-electron chi connectivity index (χ2n) is 4.94. The van der Waals surface area contributed by atoms with Crippen LogP contribution in [-0.2, 0) is 6.42 Å². The van der Waals surface area contributed by atoms with Gasteiger partial charge in [-0.1, -0.05) is 49.4 Å². The van der Waals surface area contributed by atoms with Crippen molar-refractivity contribution in [2.45, 2.75) is 26.3 Å². The molecule has 0 aliphatic carbocycles. The average molecular weight is 269 g/mol. The summed E-state index contributed by atoms with van der Waals surface area (Å²) in [5.41, 5.74) is 2.58. The Hall–Kier alpha value is -1.80. The Kier molecular flexibility index (Phi) is 5.63.